The standard InChI is InChI=1S/C11H20N2O/c1-3-8-12-11(14)13-10-7-5-4-6-9(10)2/h3,8-10H,4-7H2,1-2H3,(H2,12,13,14)/b8-3+. The van der Waals surface area contributed by atoms with Crippen molar-refractivity contribution in [1.82, 2.24) is 10.6 Å². The monoisotopic (exact) mass is 196 g/mol. The van der Waals surface area contributed by atoms with Crippen LogP contribution in [0.2, 0.25) is 0 Å². The Bertz CT molecular complexity index is 213. The van der Waals surface area contributed by atoms with Crippen LogP contribution in [-0.2, 0) is 0 Å². The lowest BCUT2D eigenvalue weighted by atomic mass is 9.86. The van der Waals surface area contributed by atoms with Gasteiger partial charge in [-0.15, -0.1) is 0 Å². The number of nitrogens with one attached hydrogen (secondary N) is 2. The molecule has 2 N–H and O–H groups in total. The van der Waals surface area contributed by atoms with E-state index in [1.165, 1.54) is 19.3 Å². The Kier molecular flexibility index (Phi) is 4.50. The normalized spacial score (nSPS) is 27.6. The van der Waals surface area contributed by atoms with Gasteiger partial charge in [0, 0.05) is 12.2 Å². The minimum absolute atomic E-state index is 0.0816. The van der Waals surface area contributed by atoms with Crippen molar-refractivity contribution in [2.75, 3.05) is 0 Å². The Balaban J connectivity index is 2.30. The zero-order valence-corrected chi connectivity index (χ0v) is 9.05. The first-order chi connectivity index (χ1) is 6.74. The van der Waals surface area contributed by atoms with Crippen molar-refractivity contribution in [2.45, 2.75) is 45.6 Å². The van der Waals surface area contributed by atoms with E-state index in [1.54, 1.807) is 6.20 Å². The van der Waals surface area contributed by atoms with Gasteiger partial charge in [0.25, 0.3) is 0 Å². The third kappa shape index (κ3) is 3.40. The molecule has 0 heterocycles. The van der Waals surface area contributed by atoms with E-state index in [2.05, 4.69) is 17.6 Å². The van der Waals surface area contributed by atoms with Crippen molar-refractivity contribution in [3.8, 4) is 0 Å². The van der Waals surface area contributed by atoms with Crippen LogP contribution in [0.1, 0.15) is 39.5 Å². The van der Waals surface area contributed by atoms with Crippen molar-refractivity contribution in [3.05, 3.63) is 12.3 Å². The van der Waals surface area contributed by atoms with Gasteiger partial charge in [0.2, 0.25) is 0 Å². The van der Waals surface area contributed by atoms with Gasteiger partial charge in [-0.05, 0) is 25.7 Å². The van der Waals surface area contributed by atoms with Gasteiger partial charge < -0.3 is 10.6 Å². The molecule has 1 rings (SSSR count). The summed E-state index contributed by atoms with van der Waals surface area (Å²) in [5.74, 6) is 0.611. The second-order valence-electron chi connectivity index (χ2n) is 3.99. The maximum atomic E-state index is 11.3. The predicted molar refractivity (Wildman–Crippen MR) is 57.9 cm³/mol. The third-order valence-corrected chi connectivity index (χ3v) is 2.81. The lowest BCUT2D eigenvalue weighted by Crippen LogP contribution is -2.44. The van der Waals surface area contributed by atoms with Crippen molar-refractivity contribution in [1.29, 1.82) is 0 Å². The average molecular weight is 196 g/mol. The number of hydrogen-bond acceptors (Lipinski definition) is 1. The molecule has 80 valence electrons. The minimum Gasteiger partial charge on any atom is -0.335 e. The number of carbonyl (C=O) groups excluding carboxylic acids is 1. The highest BCUT2D eigenvalue weighted by Gasteiger charge is 2.22. The Morgan fingerprint density at radius 1 is 1.36 bits per heavy atom. The van der Waals surface area contributed by atoms with Gasteiger partial charge in [0.05, 0.1) is 0 Å². The highest BCUT2D eigenvalue weighted by molar-refractivity contribution is 5.75. The highest BCUT2D eigenvalue weighted by atomic mass is 16.2. The number of rotatable bonds is 2. The molecule has 3 nitrogen and oxygen atoms in total. The first-order valence-corrected chi connectivity index (χ1v) is 5.42. The van der Waals surface area contributed by atoms with Crippen LogP contribution < -0.4 is 10.6 Å². The lowest BCUT2D eigenvalue weighted by molar-refractivity contribution is 0.225. The zero-order chi connectivity index (χ0) is 10.4. The van der Waals surface area contributed by atoms with Gasteiger partial charge in [-0.2, -0.15) is 0 Å². The van der Waals surface area contributed by atoms with Crippen LogP contribution in [0, 0.1) is 5.92 Å². The van der Waals surface area contributed by atoms with Crippen LogP contribution in [0.15, 0.2) is 12.3 Å². The molecule has 2 atom stereocenters. The molecule has 0 saturated heterocycles. The molecule has 0 bridgehead atoms. The number of carbonyl (C=O) groups is 1. The third-order valence-electron chi connectivity index (χ3n) is 2.81. The van der Waals surface area contributed by atoms with Crippen molar-refractivity contribution in [2.24, 2.45) is 5.92 Å². The average Bonchev–Trinajstić information content (AvgIpc) is 2.18. The molecular formula is C11H20N2O. The minimum atomic E-state index is -0.0816. The molecule has 1 saturated carbocycles. The fourth-order valence-electron chi connectivity index (χ4n) is 1.90. The second-order valence-corrected chi connectivity index (χ2v) is 3.99. The topological polar surface area (TPSA) is 41.1 Å². The van der Waals surface area contributed by atoms with E-state index in [1.807, 2.05) is 13.0 Å². The molecule has 3 heteroatoms. The largest absolute Gasteiger partial charge is 0.335 e. The molecule has 2 unspecified atom stereocenters. The highest BCUT2D eigenvalue weighted by Crippen LogP contribution is 2.23. The van der Waals surface area contributed by atoms with E-state index in [-0.39, 0.29) is 6.03 Å². The summed E-state index contributed by atoms with van der Waals surface area (Å²) in [5.41, 5.74) is 0. The first-order valence-electron chi connectivity index (χ1n) is 5.42. The quantitative estimate of drug-likeness (QED) is 0.699. The number of hydrogen-bond donors (Lipinski definition) is 2. The van der Waals surface area contributed by atoms with Gasteiger partial charge in [-0.25, -0.2) is 4.79 Å². The van der Waals surface area contributed by atoms with E-state index < -0.39 is 0 Å². The number of urea groups is 1. The molecule has 1 aliphatic carbocycles. The fraction of sp³-hybridized carbons (Fsp3) is 0.727. The number of amides is 2. The Morgan fingerprint density at radius 3 is 2.71 bits per heavy atom. The van der Waals surface area contributed by atoms with Gasteiger partial charge in [-0.1, -0.05) is 25.8 Å². The molecule has 0 aromatic heterocycles. The number of allylic oxidation sites excluding steroid dienone is 1. The summed E-state index contributed by atoms with van der Waals surface area (Å²) in [7, 11) is 0. The van der Waals surface area contributed by atoms with Gasteiger partial charge in [0.15, 0.2) is 0 Å². The van der Waals surface area contributed by atoms with Crippen molar-refractivity contribution in [3.63, 3.8) is 0 Å². The summed E-state index contributed by atoms with van der Waals surface area (Å²) < 4.78 is 0. The summed E-state index contributed by atoms with van der Waals surface area (Å²) in [5, 5.41) is 5.67. The van der Waals surface area contributed by atoms with Gasteiger partial charge in [0.1, 0.15) is 0 Å². The van der Waals surface area contributed by atoms with E-state index in [9.17, 15) is 4.79 Å². The maximum absolute atomic E-state index is 11.3. The Hall–Kier alpha value is -0.990. The SMILES string of the molecule is C/C=C/NC(=O)NC1CCCCC1C. The molecule has 0 aliphatic heterocycles. The predicted octanol–water partition coefficient (Wildman–Crippen LogP) is 2.40. The van der Waals surface area contributed by atoms with Crippen LogP contribution in [0.25, 0.3) is 0 Å². The molecule has 1 aliphatic rings. The van der Waals surface area contributed by atoms with Crippen LogP contribution in [0.3, 0.4) is 0 Å². The van der Waals surface area contributed by atoms with E-state index in [4.69, 9.17) is 0 Å². The molecule has 14 heavy (non-hydrogen) atoms. The zero-order valence-electron chi connectivity index (χ0n) is 9.05. The summed E-state index contributed by atoms with van der Waals surface area (Å²) in [6.45, 7) is 4.09. The second kappa shape index (κ2) is 5.68. The summed E-state index contributed by atoms with van der Waals surface area (Å²) in [6.07, 6.45) is 8.35. The fourth-order valence-corrected chi connectivity index (χ4v) is 1.90. The van der Waals surface area contributed by atoms with E-state index in [0.717, 1.165) is 6.42 Å². The molecule has 1 fully saturated rings. The summed E-state index contributed by atoms with van der Waals surface area (Å²) >= 11 is 0. The molecule has 2 amide bonds. The van der Waals surface area contributed by atoms with Gasteiger partial charge >= 0.3 is 6.03 Å². The van der Waals surface area contributed by atoms with Crippen LogP contribution in [0.5, 0.6) is 0 Å². The van der Waals surface area contributed by atoms with Crippen molar-refractivity contribution < 1.29 is 4.79 Å². The first kappa shape index (κ1) is 11.1. The molecule has 0 radical (unpaired) electrons. The van der Waals surface area contributed by atoms with Gasteiger partial charge in [-0.3, -0.25) is 0 Å². The molecule has 0 aromatic carbocycles. The summed E-state index contributed by atoms with van der Waals surface area (Å²) in [6, 6.07) is 0.274. The smallest absolute Gasteiger partial charge is 0.318 e. The molecule has 0 aromatic rings. The molecular weight excluding hydrogens is 176 g/mol. The Labute approximate surface area is 86.0 Å². The molecule has 0 spiro atoms. The van der Waals surface area contributed by atoms with Crippen LogP contribution >= 0.6 is 0 Å². The lowest BCUT2D eigenvalue weighted by Gasteiger charge is -2.29. The van der Waals surface area contributed by atoms with Crippen molar-refractivity contribution >= 4 is 6.03 Å². The van der Waals surface area contributed by atoms with E-state index in [0.29, 0.717) is 12.0 Å². The van der Waals surface area contributed by atoms with Crippen LogP contribution in [0.4, 0.5) is 4.79 Å². The van der Waals surface area contributed by atoms with E-state index >= 15 is 0 Å². The van der Waals surface area contributed by atoms with Crippen LogP contribution in [-0.4, -0.2) is 12.1 Å². The Morgan fingerprint density at radius 2 is 2.07 bits per heavy atom. The maximum Gasteiger partial charge on any atom is 0.318 e. The summed E-state index contributed by atoms with van der Waals surface area (Å²) in [4.78, 5) is 11.3.